The molecule has 0 N–H and O–H groups in total. The fraction of sp³-hybridized carbons (Fsp3) is 0.625. The second-order valence-electron chi connectivity index (χ2n) is 4.18. The van der Waals surface area contributed by atoms with E-state index in [-0.39, 0.29) is 0 Å². The molecule has 0 aliphatic carbocycles. The minimum Gasteiger partial charge on any atom is -0.335 e. The molecule has 0 fully saturated rings. The summed E-state index contributed by atoms with van der Waals surface area (Å²) in [5.41, 5.74) is 0. The van der Waals surface area contributed by atoms with Crippen molar-refractivity contribution in [1.82, 2.24) is 19.3 Å². The number of hydrogen-bond acceptors (Lipinski definition) is 2. The summed E-state index contributed by atoms with van der Waals surface area (Å²) < 4.78 is 3.97. The van der Waals surface area contributed by atoms with Gasteiger partial charge in [-0.1, -0.05) is 27.7 Å². The maximum Gasteiger partial charge on any atom is 0.0948 e. The van der Waals surface area contributed by atoms with Gasteiger partial charge < -0.3 is 4.57 Å². The molecule has 0 amide bonds. The van der Waals surface area contributed by atoms with E-state index in [2.05, 4.69) is 42.3 Å². The zero-order chi connectivity index (χ0) is 16.0. The van der Waals surface area contributed by atoms with Crippen LogP contribution in [0.5, 0.6) is 0 Å². The van der Waals surface area contributed by atoms with Crippen LogP contribution in [0.2, 0.25) is 0 Å². The van der Waals surface area contributed by atoms with Gasteiger partial charge in [0, 0.05) is 36.9 Å². The van der Waals surface area contributed by atoms with Gasteiger partial charge in [-0.15, -0.1) is 0 Å². The molecule has 0 spiro atoms. The lowest BCUT2D eigenvalue weighted by Crippen LogP contribution is -1.99. The molecule has 0 atom stereocenters. The van der Waals surface area contributed by atoms with Crippen molar-refractivity contribution in [2.45, 2.75) is 67.5 Å². The molecular formula is C16H32N4. The quantitative estimate of drug-likeness (QED) is 0.777. The van der Waals surface area contributed by atoms with Crippen LogP contribution in [-0.4, -0.2) is 19.3 Å². The monoisotopic (exact) mass is 280 g/mol. The molecule has 0 aromatic carbocycles. The zero-order valence-corrected chi connectivity index (χ0v) is 14.4. The second kappa shape index (κ2) is 13.8. The average Bonchev–Trinajstić information content (AvgIpc) is 3.17. The molecule has 0 unspecified atom stereocenters. The van der Waals surface area contributed by atoms with E-state index in [1.807, 2.05) is 57.2 Å². The highest BCUT2D eigenvalue weighted by Crippen LogP contribution is 1.99. The van der Waals surface area contributed by atoms with Gasteiger partial charge in [0.25, 0.3) is 0 Å². The van der Waals surface area contributed by atoms with E-state index in [1.165, 1.54) is 0 Å². The first kappa shape index (κ1) is 20.7. The topological polar surface area (TPSA) is 35.6 Å². The van der Waals surface area contributed by atoms with Crippen LogP contribution in [0.25, 0.3) is 0 Å². The number of hydrogen-bond donors (Lipinski definition) is 0. The van der Waals surface area contributed by atoms with Gasteiger partial charge in [-0.05, 0) is 33.8 Å². The minimum atomic E-state index is 0.491. The Bertz CT molecular complexity index is 323. The predicted octanol–water partition coefficient (Wildman–Crippen LogP) is 4.98. The minimum absolute atomic E-state index is 0.491. The Balaban J connectivity index is 0. The van der Waals surface area contributed by atoms with Crippen LogP contribution in [0, 0.1) is 0 Å². The van der Waals surface area contributed by atoms with Crippen molar-refractivity contribution in [3.8, 4) is 0 Å². The van der Waals surface area contributed by atoms with Crippen molar-refractivity contribution in [3.05, 3.63) is 37.2 Å². The SMILES string of the molecule is CC.CC.CC(C)n1cccn1.CC(C)n1ccnc1. The Kier molecular flexibility index (Phi) is 14.3. The molecule has 0 bridgehead atoms. The van der Waals surface area contributed by atoms with Crippen molar-refractivity contribution in [2.75, 3.05) is 0 Å². The molecular weight excluding hydrogens is 248 g/mol. The summed E-state index contributed by atoms with van der Waals surface area (Å²) in [6.45, 7) is 16.5. The summed E-state index contributed by atoms with van der Waals surface area (Å²) in [5, 5.41) is 4.03. The molecule has 116 valence electrons. The summed E-state index contributed by atoms with van der Waals surface area (Å²) in [4.78, 5) is 3.91. The Morgan fingerprint density at radius 1 is 0.800 bits per heavy atom. The number of nitrogens with zero attached hydrogens (tertiary/aromatic N) is 4. The molecule has 0 aliphatic rings. The van der Waals surface area contributed by atoms with Crippen LogP contribution in [0.15, 0.2) is 37.2 Å². The van der Waals surface area contributed by atoms with E-state index in [0.717, 1.165) is 0 Å². The van der Waals surface area contributed by atoms with Crippen LogP contribution in [0.4, 0.5) is 0 Å². The van der Waals surface area contributed by atoms with Crippen molar-refractivity contribution in [3.63, 3.8) is 0 Å². The molecule has 0 saturated carbocycles. The fourth-order valence-electron chi connectivity index (χ4n) is 1.16. The third-order valence-electron chi connectivity index (χ3n) is 2.18. The Labute approximate surface area is 124 Å². The largest absolute Gasteiger partial charge is 0.335 e. The van der Waals surface area contributed by atoms with Gasteiger partial charge in [-0.2, -0.15) is 5.10 Å². The van der Waals surface area contributed by atoms with Crippen LogP contribution in [0.3, 0.4) is 0 Å². The fourth-order valence-corrected chi connectivity index (χ4v) is 1.16. The highest BCUT2D eigenvalue weighted by Gasteiger charge is 1.92. The van der Waals surface area contributed by atoms with Crippen molar-refractivity contribution in [1.29, 1.82) is 0 Å². The van der Waals surface area contributed by atoms with Crippen molar-refractivity contribution < 1.29 is 0 Å². The van der Waals surface area contributed by atoms with E-state index >= 15 is 0 Å². The molecule has 4 nitrogen and oxygen atoms in total. The standard InChI is InChI=1S/2C6H10N2.2C2H6/c1-6(2)8-4-3-7-5-8;1-6(2)8-5-3-4-7-8;2*1-2/h2*3-6H,1-2H3;2*1-2H3. The smallest absolute Gasteiger partial charge is 0.0948 e. The normalized spacial score (nSPS) is 8.90. The highest BCUT2D eigenvalue weighted by atomic mass is 15.3. The molecule has 0 saturated heterocycles. The lowest BCUT2D eigenvalue weighted by molar-refractivity contribution is 0.532. The molecule has 0 radical (unpaired) electrons. The Morgan fingerprint density at radius 3 is 1.60 bits per heavy atom. The molecule has 2 heterocycles. The van der Waals surface area contributed by atoms with Gasteiger partial charge in [0.05, 0.1) is 6.33 Å². The Hall–Kier alpha value is -1.58. The van der Waals surface area contributed by atoms with Crippen LogP contribution in [-0.2, 0) is 0 Å². The summed E-state index contributed by atoms with van der Waals surface area (Å²) >= 11 is 0. The van der Waals surface area contributed by atoms with Crippen molar-refractivity contribution >= 4 is 0 Å². The average molecular weight is 280 g/mol. The van der Waals surface area contributed by atoms with Gasteiger partial charge in [-0.3, -0.25) is 4.68 Å². The predicted molar refractivity (Wildman–Crippen MR) is 87.9 cm³/mol. The first-order valence-corrected chi connectivity index (χ1v) is 7.57. The molecule has 2 aromatic rings. The third kappa shape index (κ3) is 9.36. The summed E-state index contributed by atoms with van der Waals surface area (Å²) in [6.07, 6.45) is 9.33. The third-order valence-corrected chi connectivity index (χ3v) is 2.18. The maximum absolute atomic E-state index is 4.03. The van der Waals surface area contributed by atoms with Crippen LogP contribution < -0.4 is 0 Å². The van der Waals surface area contributed by atoms with Crippen LogP contribution >= 0.6 is 0 Å². The second-order valence-corrected chi connectivity index (χ2v) is 4.18. The van der Waals surface area contributed by atoms with E-state index < -0.39 is 0 Å². The number of aromatic nitrogens is 4. The lowest BCUT2D eigenvalue weighted by Gasteiger charge is -2.02. The van der Waals surface area contributed by atoms with Gasteiger partial charge in [0.1, 0.15) is 0 Å². The molecule has 2 aromatic heterocycles. The van der Waals surface area contributed by atoms with Gasteiger partial charge in [0.2, 0.25) is 0 Å². The first-order chi connectivity index (χ1) is 9.61. The molecule has 20 heavy (non-hydrogen) atoms. The molecule has 2 rings (SSSR count). The van der Waals surface area contributed by atoms with Gasteiger partial charge in [-0.25, -0.2) is 4.98 Å². The maximum atomic E-state index is 4.03. The molecule has 4 heteroatoms. The van der Waals surface area contributed by atoms with E-state index in [4.69, 9.17) is 0 Å². The highest BCUT2D eigenvalue weighted by molar-refractivity contribution is 4.79. The zero-order valence-electron chi connectivity index (χ0n) is 14.4. The Morgan fingerprint density at radius 2 is 1.40 bits per heavy atom. The summed E-state index contributed by atoms with van der Waals surface area (Å²) in [5.74, 6) is 0. The van der Waals surface area contributed by atoms with E-state index in [9.17, 15) is 0 Å². The van der Waals surface area contributed by atoms with Gasteiger partial charge >= 0.3 is 0 Å². The lowest BCUT2D eigenvalue weighted by atomic mass is 10.4. The summed E-state index contributed by atoms with van der Waals surface area (Å²) in [7, 11) is 0. The number of rotatable bonds is 2. The van der Waals surface area contributed by atoms with E-state index in [1.54, 1.807) is 12.4 Å². The van der Waals surface area contributed by atoms with Crippen LogP contribution in [0.1, 0.15) is 67.5 Å². The molecule has 0 aliphatic heterocycles. The number of imidazole rings is 1. The van der Waals surface area contributed by atoms with Gasteiger partial charge in [0.15, 0.2) is 0 Å². The van der Waals surface area contributed by atoms with Crippen molar-refractivity contribution in [2.24, 2.45) is 0 Å². The first-order valence-electron chi connectivity index (χ1n) is 7.57. The summed E-state index contributed by atoms with van der Waals surface area (Å²) in [6, 6.07) is 2.96. The van der Waals surface area contributed by atoms with E-state index in [0.29, 0.717) is 12.1 Å².